The molecular weight excluding hydrogens is 692 g/mol. The minimum atomic E-state index is -5.08. The topological polar surface area (TPSA) is 124 Å². The number of carbonyl (C=O) groups excluding carboxylic acids is 2. The van der Waals surface area contributed by atoms with Crippen molar-refractivity contribution in [1.82, 2.24) is 15.1 Å². The Morgan fingerprint density at radius 3 is 2.10 bits per heavy atom. The van der Waals surface area contributed by atoms with Crippen molar-refractivity contribution in [1.29, 1.82) is 0 Å². The van der Waals surface area contributed by atoms with Crippen LogP contribution in [0.3, 0.4) is 0 Å². The third-order valence-corrected chi connectivity index (χ3v) is 11.1. The van der Waals surface area contributed by atoms with Gasteiger partial charge in [-0.05, 0) is 94.3 Å². The lowest BCUT2D eigenvalue weighted by Gasteiger charge is -2.44. The molecule has 278 valence electrons. The summed E-state index contributed by atoms with van der Waals surface area (Å²) in [6.45, 7) is 8.61. The molecule has 1 saturated heterocycles. The van der Waals surface area contributed by atoms with Gasteiger partial charge in [0.15, 0.2) is 9.84 Å². The summed E-state index contributed by atoms with van der Waals surface area (Å²) in [5, 5.41) is 9.74. The van der Waals surface area contributed by atoms with E-state index in [0.29, 0.717) is 25.8 Å². The van der Waals surface area contributed by atoms with Crippen LogP contribution in [-0.2, 0) is 25.6 Å². The quantitative estimate of drug-likeness (QED) is 0.297. The summed E-state index contributed by atoms with van der Waals surface area (Å²) in [6, 6.07) is 10.3. The Morgan fingerprint density at radius 2 is 1.58 bits per heavy atom. The Kier molecular flexibility index (Phi) is 13.2. The zero-order chi connectivity index (χ0) is 37.8. The zero-order valence-corrected chi connectivity index (χ0v) is 29.2. The number of carboxylic acids is 1. The van der Waals surface area contributed by atoms with E-state index in [0.717, 1.165) is 30.2 Å². The van der Waals surface area contributed by atoms with E-state index in [1.165, 1.54) is 6.07 Å². The maximum absolute atomic E-state index is 13.6. The molecule has 1 saturated carbocycles. The maximum atomic E-state index is 13.6. The second-order valence-electron chi connectivity index (χ2n) is 13.3. The average molecular weight is 736 g/mol. The molecule has 2 fully saturated rings. The number of nitrogens with one attached hydrogen (secondary N) is 1. The van der Waals surface area contributed by atoms with E-state index in [2.05, 4.69) is 24.1 Å². The molecule has 1 aliphatic heterocycles. The number of hydrogen-bond donors (Lipinski definition) is 2. The van der Waals surface area contributed by atoms with Crippen LogP contribution >= 0.6 is 0 Å². The summed E-state index contributed by atoms with van der Waals surface area (Å²) in [4.78, 5) is 39.5. The van der Waals surface area contributed by atoms with Gasteiger partial charge in [-0.2, -0.15) is 26.3 Å². The summed E-state index contributed by atoms with van der Waals surface area (Å²) in [7, 11) is -1.62. The van der Waals surface area contributed by atoms with Gasteiger partial charge in [0.1, 0.15) is 6.04 Å². The molecule has 2 aromatic rings. The van der Waals surface area contributed by atoms with E-state index in [1.807, 2.05) is 33.0 Å². The molecule has 2 aromatic carbocycles. The summed E-state index contributed by atoms with van der Waals surface area (Å²) in [5.74, 6) is -3.99. The lowest BCUT2D eigenvalue weighted by Crippen LogP contribution is -2.53. The molecule has 1 heterocycles. The third kappa shape index (κ3) is 10.4. The second kappa shape index (κ2) is 16.1. The van der Waals surface area contributed by atoms with Crippen LogP contribution in [0.25, 0.3) is 0 Å². The van der Waals surface area contributed by atoms with Gasteiger partial charge in [-0.3, -0.25) is 9.59 Å². The zero-order valence-electron chi connectivity index (χ0n) is 28.4. The normalized spacial score (nSPS) is 21.7. The molecule has 2 amide bonds. The number of rotatable bonds is 9. The molecule has 2 N–H and O–H groups in total. The van der Waals surface area contributed by atoms with Crippen molar-refractivity contribution >= 4 is 27.6 Å². The first-order chi connectivity index (χ1) is 23.0. The first kappa shape index (κ1) is 40.8. The van der Waals surface area contributed by atoms with Crippen LogP contribution in [0.2, 0.25) is 0 Å². The lowest BCUT2D eigenvalue weighted by atomic mass is 9.81. The molecule has 0 bridgehead atoms. The van der Waals surface area contributed by atoms with Gasteiger partial charge >= 0.3 is 18.3 Å². The molecule has 4 atom stereocenters. The van der Waals surface area contributed by atoms with Crippen LogP contribution in [0.1, 0.15) is 80.8 Å². The first-order valence-corrected chi connectivity index (χ1v) is 17.8. The number of carbonyl (C=O) groups is 3. The number of amides is 2. The molecular formula is C34H43F6N3O6S. The van der Waals surface area contributed by atoms with Crippen molar-refractivity contribution in [2.45, 2.75) is 101 Å². The largest absolute Gasteiger partial charge is 0.490 e. The van der Waals surface area contributed by atoms with E-state index in [9.17, 15) is 44.3 Å². The van der Waals surface area contributed by atoms with Crippen molar-refractivity contribution < 1.29 is 54.3 Å². The van der Waals surface area contributed by atoms with Crippen LogP contribution in [-0.4, -0.2) is 90.8 Å². The summed E-state index contributed by atoms with van der Waals surface area (Å²) >= 11 is 0. The van der Waals surface area contributed by atoms with Crippen LogP contribution in [0.5, 0.6) is 0 Å². The fourth-order valence-corrected chi connectivity index (χ4v) is 7.95. The van der Waals surface area contributed by atoms with E-state index in [4.69, 9.17) is 9.90 Å². The number of aliphatic carboxylic acids is 1. The molecule has 0 unspecified atom stereocenters. The minimum absolute atomic E-state index is 0.105. The third-order valence-electron chi connectivity index (χ3n) is 9.28. The standard InChI is InChI=1S/C32H42F3N3O4S.C2HF3O2/c1-20(2)22-9-12-27(13-10-22)43(41,42)19-24-18-26(37(5)21(3)4)11-14-29(24)38-16-15-28(31(38)40)36-30(39)23-7-6-8-25(17-23)32(33,34)35;3-2(4,5)1(6)7/h6-10,12-13,17,20-21,24,26,28-29H,11,14-16,18-19H2,1-5H3,(H,36,39);(H,6,7)/t24-,26+,28-,29-;/m0./s1. The molecule has 0 radical (unpaired) electrons. The molecule has 0 spiro atoms. The Bertz CT molecular complexity index is 1610. The van der Waals surface area contributed by atoms with Crippen molar-refractivity contribution in [3.8, 4) is 0 Å². The van der Waals surface area contributed by atoms with Crippen molar-refractivity contribution in [2.75, 3.05) is 19.3 Å². The number of alkyl halides is 6. The Morgan fingerprint density at radius 1 is 0.980 bits per heavy atom. The van der Waals surface area contributed by atoms with Gasteiger partial charge in [0.25, 0.3) is 5.91 Å². The maximum Gasteiger partial charge on any atom is 0.490 e. The number of benzene rings is 2. The second-order valence-corrected chi connectivity index (χ2v) is 15.3. The summed E-state index contributed by atoms with van der Waals surface area (Å²) in [5.41, 5.74) is -0.0645. The van der Waals surface area contributed by atoms with Gasteiger partial charge in [0.05, 0.1) is 16.2 Å². The summed E-state index contributed by atoms with van der Waals surface area (Å²) < 4.78 is 98.5. The predicted molar refractivity (Wildman–Crippen MR) is 173 cm³/mol. The van der Waals surface area contributed by atoms with Crippen LogP contribution in [0, 0.1) is 5.92 Å². The fraction of sp³-hybridized carbons (Fsp3) is 0.559. The number of likely N-dealkylation sites (tertiary alicyclic amines) is 1. The predicted octanol–water partition coefficient (Wildman–Crippen LogP) is 6.14. The summed E-state index contributed by atoms with van der Waals surface area (Å²) in [6.07, 6.45) is -7.36. The van der Waals surface area contributed by atoms with Gasteiger partial charge in [-0.1, -0.05) is 32.0 Å². The highest BCUT2D eigenvalue weighted by atomic mass is 32.2. The number of sulfone groups is 1. The van der Waals surface area contributed by atoms with Gasteiger partial charge in [0.2, 0.25) is 5.91 Å². The van der Waals surface area contributed by atoms with Crippen molar-refractivity contribution in [3.63, 3.8) is 0 Å². The highest BCUT2D eigenvalue weighted by molar-refractivity contribution is 7.91. The molecule has 9 nitrogen and oxygen atoms in total. The molecule has 4 rings (SSSR count). The number of hydrogen-bond acceptors (Lipinski definition) is 6. The monoisotopic (exact) mass is 735 g/mol. The van der Waals surface area contributed by atoms with E-state index in [1.54, 1.807) is 17.0 Å². The highest BCUT2D eigenvalue weighted by Gasteiger charge is 2.44. The number of carboxylic acid groups (broad SMARTS) is 1. The molecule has 50 heavy (non-hydrogen) atoms. The van der Waals surface area contributed by atoms with Crippen molar-refractivity contribution in [2.24, 2.45) is 5.92 Å². The minimum Gasteiger partial charge on any atom is -0.475 e. The first-order valence-electron chi connectivity index (χ1n) is 16.2. The van der Waals surface area contributed by atoms with Crippen LogP contribution < -0.4 is 5.32 Å². The smallest absolute Gasteiger partial charge is 0.475 e. The number of nitrogens with zero attached hydrogens (tertiary/aromatic N) is 2. The highest BCUT2D eigenvalue weighted by Crippen LogP contribution is 2.36. The molecule has 2 aliphatic rings. The van der Waals surface area contributed by atoms with Crippen LogP contribution in [0.4, 0.5) is 26.3 Å². The molecule has 16 heteroatoms. The van der Waals surface area contributed by atoms with Gasteiger partial charge < -0.3 is 20.2 Å². The van der Waals surface area contributed by atoms with Gasteiger partial charge in [0, 0.05) is 30.2 Å². The van der Waals surface area contributed by atoms with E-state index < -0.39 is 45.7 Å². The van der Waals surface area contributed by atoms with Crippen LogP contribution in [0.15, 0.2) is 53.4 Å². The Balaban J connectivity index is 0.000000872. The van der Waals surface area contributed by atoms with Gasteiger partial charge in [-0.25, -0.2) is 13.2 Å². The Hall–Kier alpha value is -3.66. The van der Waals surface area contributed by atoms with Crippen molar-refractivity contribution in [3.05, 3.63) is 65.2 Å². The SMILES string of the molecule is CC(C)c1ccc(S(=O)(=O)C[C@@H]2C[C@H](N(C)C(C)C)CC[C@@H]2N2CC[C@H](NC(=O)c3cccc(C(F)(F)F)c3)C2=O)cc1.O=C(O)C(F)(F)F. The fourth-order valence-electron chi connectivity index (χ4n) is 6.29. The lowest BCUT2D eigenvalue weighted by molar-refractivity contribution is -0.192. The molecule has 1 aliphatic carbocycles. The van der Waals surface area contributed by atoms with E-state index in [-0.39, 0.29) is 52.1 Å². The number of halogens is 6. The Labute approximate surface area is 287 Å². The van der Waals surface area contributed by atoms with Gasteiger partial charge in [-0.15, -0.1) is 0 Å². The average Bonchev–Trinajstić information content (AvgIpc) is 3.38. The molecule has 0 aromatic heterocycles. The van der Waals surface area contributed by atoms with E-state index >= 15 is 0 Å².